The molecule has 0 aliphatic carbocycles. The summed E-state index contributed by atoms with van der Waals surface area (Å²) in [6.45, 7) is 0. The van der Waals surface area contributed by atoms with Crippen LogP contribution in [0.1, 0.15) is 21.5 Å². The molecule has 0 bridgehead atoms. The first-order chi connectivity index (χ1) is 12.6. The first-order valence-corrected chi connectivity index (χ1v) is 7.83. The molecule has 0 spiro atoms. The quantitative estimate of drug-likeness (QED) is 0.743. The average Bonchev–Trinajstić information content (AvgIpc) is 2.59. The van der Waals surface area contributed by atoms with Gasteiger partial charge >= 0.3 is 6.18 Å². The van der Waals surface area contributed by atoms with Crippen molar-refractivity contribution in [1.82, 2.24) is 0 Å². The molecule has 0 unspecified atom stereocenters. The zero-order chi connectivity index (χ0) is 20.2. The van der Waals surface area contributed by atoms with Crippen molar-refractivity contribution in [3.63, 3.8) is 0 Å². The summed E-state index contributed by atoms with van der Waals surface area (Å²) in [5.74, 6) is -1.08. The maximum Gasteiger partial charge on any atom is 0.416 e. The summed E-state index contributed by atoms with van der Waals surface area (Å²) in [5.41, 5.74) is 4.66. The van der Waals surface area contributed by atoms with Gasteiger partial charge < -0.3 is 15.8 Å². The second-order valence-corrected chi connectivity index (χ2v) is 5.74. The van der Waals surface area contributed by atoms with Crippen molar-refractivity contribution < 1.29 is 27.5 Å². The molecule has 3 N–H and O–H groups in total. The molecule has 2 rings (SSSR count). The fourth-order valence-corrected chi connectivity index (χ4v) is 2.33. The number of primary amides is 1. The number of hydrogen-bond acceptors (Lipinski definition) is 3. The van der Waals surface area contributed by atoms with Crippen LogP contribution >= 0.6 is 11.6 Å². The molecule has 9 heteroatoms. The normalized spacial score (nSPS) is 11.4. The standard InChI is InChI=1S/C18H14ClF3N2O3/c1-27-15-6-2-11(17(23)26)9-14(15)24-16(25)7-3-10-8-12(18(20,21)22)4-5-13(10)19/h2-9H,1H3,(H2,23,26)(H,24,25)/b7-3+. The van der Waals surface area contributed by atoms with Gasteiger partial charge in [-0.2, -0.15) is 13.2 Å². The largest absolute Gasteiger partial charge is 0.495 e. The Morgan fingerprint density at radius 1 is 1.19 bits per heavy atom. The molecule has 0 aliphatic heterocycles. The van der Waals surface area contributed by atoms with Gasteiger partial charge in [-0.15, -0.1) is 0 Å². The van der Waals surface area contributed by atoms with Crippen LogP contribution in [-0.2, 0) is 11.0 Å². The third kappa shape index (κ3) is 5.24. The van der Waals surface area contributed by atoms with Crippen molar-refractivity contribution in [3.8, 4) is 5.75 Å². The Balaban J connectivity index is 2.24. The molecule has 0 saturated heterocycles. The second-order valence-electron chi connectivity index (χ2n) is 5.34. The highest BCUT2D eigenvalue weighted by Crippen LogP contribution is 2.32. The fourth-order valence-electron chi connectivity index (χ4n) is 2.15. The van der Waals surface area contributed by atoms with E-state index in [1.54, 1.807) is 0 Å². The Hall–Kier alpha value is -3.00. The number of amides is 2. The zero-order valence-electron chi connectivity index (χ0n) is 13.9. The monoisotopic (exact) mass is 398 g/mol. The van der Waals surface area contributed by atoms with E-state index < -0.39 is 23.6 Å². The maximum absolute atomic E-state index is 12.8. The third-order valence-electron chi connectivity index (χ3n) is 3.48. The van der Waals surface area contributed by atoms with Crippen molar-refractivity contribution in [3.05, 3.63) is 64.2 Å². The van der Waals surface area contributed by atoms with E-state index in [-0.39, 0.29) is 27.6 Å². The van der Waals surface area contributed by atoms with Gasteiger partial charge in [-0.1, -0.05) is 11.6 Å². The molecule has 0 aromatic heterocycles. The van der Waals surface area contributed by atoms with Gasteiger partial charge in [-0.3, -0.25) is 9.59 Å². The van der Waals surface area contributed by atoms with Gasteiger partial charge in [0.1, 0.15) is 5.75 Å². The van der Waals surface area contributed by atoms with E-state index in [1.807, 2.05) is 0 Å². The summed E-state index contributed by atoms with van der Waals surface area (Å²) in [6, 6.07) is 6.98. The Labute approximate surface area is 157 Å². The lowest BCUT2D eigenvalue weighted by Gasteiger charge is -2.10. The zero-order valence-corrected chi connectivity index (χ0v) is 14.7. The maximum atomic E-state index is 12.8. The predicted octanol–water partition coefficient (Wildman–Crippen LogP) is 4.12. The van der Waals surface area contributed by atoms with Crippen LogP contribution in [0.5, 0.6) is 5.75 Å². The summed E-state index contributed by atoms with van der Waals surface area (Å²) in [7, 11) is 1.37. The van der Waals surface area contributed by atoms with Crippen LogP contribution in [0.4, 0.5) is 18.9 Å². The van der Waals surface area contributed by atoms with Gasteiger partial charge in [0, 0.05) is 16.7 Å². The number of methoxy groups -OCH3 is 1. The minimum Gasteiger partial charge on any atom is -0.495 e. The number of alkyl halides is 3. The topological polar surface area (TPSA) is 81.4 Å². The number of hydrogen-bond donors (Lipinski definition) is 2. The molecule has 0 atom stereocenters. The van der Waals surface area contributed by atoms with Gasteiger partial charge in [-0.25, -0.2) is 0 Å². The van der Waals surface area contributed by atoms with Crippen molar-refractivity contribution in [2.24, 2.45) is 5.73 Å². The lowest BCUT2D eigenvalue weighted by Crippen LogP contribution is -2.13. The minimum absolute atomic E-state index is 0.0273. The van der Waals surface area contributed by atoms with Crippen LogP contribution in [0.15, 0.2) is 42.5 Å². The number of carbonyl (C=O) groups is 2. The number of rotatable bonds is 5. The summed E-state index contributed by atoms with van der Waals surface area (Å²) in [4.78, 5) is 23.3. The number of ether oxygens (including phenoxy) is 1. The SMILES string of the molecule is COc1ccc(C(N)=O)cc1NC(=O)/C=C/c1cc(C(F)(F)F)ccc1Cl. The van der Waals surface area contributed by atoms with Gasteiger partial charge in [0.05, 0.1) is 18.4 Å². The fraction of sp³-hybridized carbons (Fsp3) is 0.111. The van der Waals surface area contributed by atoms with Crippen molar-refractivity contribution in [2.45, 2.75) is 6.18 Å². The van der Waals surface area contributed by atoms with Gasteiger partial charge in [-0.05, 0) is 48.0 Å². The molecule has 27 heavy (non-hydrogen) atoms. The van der Waals surface area contributed by atoms with E-state index in [4.69, 9.17) is 22.1 Å². The van der Waals surface area contributed by atoms with E-state index in [2.05, 4.69) is 5.32 Å². The molecule has 0 aliphatic rings. The van der Waals surface area contributed by atoms with E-state index in [9.17, 15) is 22.8 Å². The smallest absolute Gasteiger partial charge is 0.416 e. The number of anilines is 1. The van der Waals surface area contributed by atoms with E-state index in [1.165, 1.54) is 25.3 Å². The summed E-state index contributed by atoms with van der Waals surface area (Å²) in [5, 5.41) is 2.52. The average molecular weight is 399 g/mol. The Morgan fingerprint density at radius 3 is 2.48 bits per heavy atom. The van der Waals surface area contributed by atoms with E-state index in [0.29, 0.717) is 0 Å². The van der Waals surface area contributed by atoms with Crippen LogP contribution < -0.4 is 15.8 Å². The molecule has 5 nitrogen and oxygen atoms in total. The van der Waals surface area contributed by atoms with Crippen molar-refractivity contribution in [1.29, 1.82) is 0 Å². The predicted molar refractivity (Wildman–Crippen MR) is 95.6 cm³/mol. The molecule has 0 radical (unpaired) electrons. The Morgan fingerprint density at radius 2 is 1.89 bits per heavy atom. The van der Waals surface area contributed by atoms with Crippen molar-refractivity contribution in [2.75, 3.05) is 12.4 Å². The number of benzene rings is 2. The molecule has 142 valence electrons. The molecular weight excluding hydrogens is 385 g/mol. The van der Waals surface area contributed by atoms with Crippen LogP contribution in [0.3, 0.4) is 0 Å². The van der Waals surface area contributed by atoms with Crippen molar-refractivity contribution >= 4 is 35.2 Å². The third-order valence-corrected chi connectivity index (χ3v) is 3.82. The van der Waals surface area contributed by atoms with Gasteiger partial charge in [0.25, 0.3) is 0 Å². The van der Waals surface area contributed by atoms with Gasteiger partial charge in [0.15, 0.2) is 0 Å². The Bertz CT molecular complexity index is 911. The molecule has 0 saturated carbocycles. The van der Waals surface area contributed by atoms with E-state index >= 15 is 0 Å². The first kappa shape index (κ1) is 20.3. The van der Waals surface area contributed by atoms with Crippen LogP contribution in [0, 0.1) is 0 Å². The summed E-state index contributed by atoms with van der Waals surface area (Å²) < 4.78 is 43.4. The van der Waals surface area contributed by atoms with Gasteiger partial charge in [0.2, 0.25) is 11.8 Å². The summed E-state index contributed by atoms with van der Waals surface area (Å²) >= 11 is 5.87. The number of nitrogens with one attached hydrogen (secondary N) is 1. The molecule has 2 amide bonds. The molecule has 2 aromatic carbocycles. The molecule has 0 heterocycles. The highest BCUT2D eigenvalue weighted by atomic mass is 35.5. The van der Waals surface area contributed by atoms with Crippen LogP contribution in [0.2, 0.25) is 5.02 Å². The lowest BCUT2D eigenvalue weighted by atomic mass is 10.1. The van der Waals surface area contributed by atoms with E-state index in [0.717, 1.165) is 30.4 Å². The first-order valence-electron chi connectivity index (χ1n) is 7.45. The molecule has 0 fully saturated rings. The summed E-state index contributed by atoms with van der Waals surface area (Å²) in [6.07, 6.45) is -2.37. The molecule has 2 aromatic rings. The number of halogens is 4. The Kier molecular flexibility index (Phi) is 6.12. The highest BCUT2D eigenvalue weighted by Gasteiger charge is 2.30. The number of nitrogens with two attached hydrogens (primary N) is 1. The second kappa shape index (κ2) is 8.13. The minimum atomic E-state index is -4.53. The highest BCUT2D eigenvalue weighted by molar-refractivity contribution is 6.32. The lowest BCUT2D eigenvalue weighted by molar-refractivity contribution is -0.137. The molecular formula is C18H14ClF3N2O3. The van der Waals surface area contributed by atoms with Crippen LogP contribution in [-0.4, -0.2) is 18.9 Å². The van der Waals surface area contributed by atoms with Crippen LogP contribution in [0.25, 0.3) is 6.08 Å². The number of carbonyl (C=O) groups excluding carboxylic acids is 2.